The van der Waals surface area contributed by atoms with Crippen LogP contribution >= 0.6 is 0 Å². The molecule has 0 bridgehead atoms. The smallest absolute Gasteiger partial charge is 0.261 e. The van der Waals surface area contributed by atoms with Gasteiger partial charge in [0.1, 0.15) is 0 Å². The number of anilines is 2. The van der Waals surface area contributed by atoms with Crippen LogP contribution in [0.4, 0.5) is 11.4 Å². The zero-order valence-electron chi connectivity index (χ0n) is 14.7. The van der Waals surface area contributed by atoms with Crippen LogP contribution in [0.25, 0.3) is 0 Å². The molecule has 1 saturated heterocycles. The van der Waals surface area contributed by atoms with E-state index in [-0.39, 0.29) is 29.6 Å². The maximum absolute atomic E-state index is 12.6. The third kappa shape index (κ3) is 3.48. The van der Waals surface area contributed by atoms with Crippen LogP contribution in [0.1, 0.15) is 30.9 Å². The predicted molar refractivity (Wildman–Crippen MR) is 99.5 cm³/mol. The number of hydrogen-bond acceptors (Lipinski definition) is 4. The van der Waals surface area contributed by atoms with Gasteiger partial charge in [0.05, 0.1) is 10.6 Å². The number of imide groups is 1. The average Bonchev–Trinajstić information content (AvgIpc) is 2.94. The average molecular weight is 372 g/mol. The molecule has 1 heterocycles. The highest BCUT2D eigenvalue weighted by atomic mass is 32.2. The summed E-state index contributed by atoms with van der Waals surface area (Å²) >= 11 is 0. The van der Waals surface area contributed by atoms with Crippen molar-refractivity contribution in [3.8, 4) is 0 Å². The van der Waals surface area contributed by atoms with Crippen LogP contribution in [0.3, 0.4) is 0 Å². The predicted octanol–water partition coefficient (Wildman–Crippen LogP) is 3.01. The number of hydrogen-bond donors (Lipinski definition) is 1. The fraction of sp³-hybridized carbons (Fsp3) is 0.263. The van der Waals surface area contributed by atoms with Gasteiger partial charge in [0.2, 0.25) is 11.8 Å². The summed E-state index contributed by atoms with van der Waals surface area (Å²) in [7, 11) is -3.76. The molecule has 0 radical (unpaired) electrons. The summed E-state index contributed by atoms with van der Waals surface area (Å²) in [6.45, 7) is 3.71. The van der Waals surface area contributed by atoms with Crippen molar-refractivity contribution in [2.45, 2.75) is 38.0 Å². The maximum atomic E-state index is 12.6. The number of nitrogens with zero attached hydrogens (tertiary/aromatic N) is 1. The van der Waals surface area contributed by atoms with Crippen LogP contribution in [-0.4, -0.2) is 20.2 Å². The molecule has 1 aliphatic rings. The number of carbonyl (C=O) groups excluding carboxylic acids is 2. The summed E-state index contributed by atoms with van der Waals surface area (Å²) < 4.78 is 27.8. The lowest BCUT2D eigenvalue weighted by Gasteiger charge is -2.17. The second-order valence-corrected chi connectivity index (χ2v) is 7.91. The van der Waals surface area contributed by atoms with Crippen molar-refractivity contribution >= 4 is 33.2 Å². The highest BCUT2D eigenvalue weighted by Gasteiger charge is 2.31. The molecule has 136 valence electrons. The van der Waals surface area contributed by atoms with Crippen LogP contribution < -0.4 is 9.62 Å². The number of rotatable bonds is 5. The Morgan fingerprint density at radius 1 is 1.00 bits per heavy atom. The van der Waals surface area contributed by atoms with Crippen molar-refractivity contribution in [2.75, 3.05) is 9.62 Å². The lowest BCUT2D eigenvalue weighted by molar-refractivity contribution is -0.121. The second-order valence-electron chi connectivity index (χ2n) is 6.23. The zero-order chi connectivity index (χ0) is 18.9. The van der Waals surface area contributed by atoms with Gasteiger partial charge >= 0.3 is 0 Å². The minimum absolute atomic E-state index is 0.0809. The lowest BCUT2D eigenvalue weighted by Crippen LogP contribution is -2.29. The molecule has 1 fully saturated rings. The van der Waals surface area contributed by atoms with Gasteiger partial charge in [-0.3, -0.25) is 19.2 Å². The maximum Gasteiger partial charge on any atom is 0.261 e. The SMILES string of the molecule is CCc1ccc(NS(=O)(=O)c2ccc(N3C(=O)CCC3=O)c(C)c2)cc1. The monoisotopic (exact) mass is 372 g/mol. The van der Waals surface area contributed by atoms with E-state index in [2.05, 4.69) is 4.72 Å². The third-order valence-electron chi connectivity index (χ3n) is 4.39. The van der Waals surface area contributed by atoms with Gasteiger partial charge in [-0.1, -0.05) is 19.1 Å². The summed E-state index contributed by atoms with van der Waals surface area (Å²) in [6.07, 6.45) is 1.25. The number of carbonyl (C=O) groups is 2. The Morgan fingerprint density at radius 2 is 1.62 bits per heavy atom. The van der Waals surface area contributed by atoms with E-state index < -0.39 is 10.0 Å². The number of nitrogens with one attached hydrogen (secondary N) is 1. The highest BCUT2D eigenvalue weighted by Crippen LogP contribution is 2.28. The summed E-state index contributed by atoms with van der Waals surface area (Å²) in [5.41, 5.74) is 2.59. The van der Waals surface area contributed by atoms with E-state index in [1.165, 1.54) is 18.2 Å². The number of benzene rings is 2. The Morgan fingerprint density at radius 3 is 2.15 bits per heavy atom. The van der Waals surface area contributed by atoms with Crippen molar-refractivity contribution in [1.82, 2.24) is 0 Å². The highest BCUT2D eigenvalue weighted by molar-refractivity contribution is 7.92. The minimum atomic E-state index is -3.76. The first kappa shape index (κ1) is 18.1. The van der Waals surface area contributed by atoms with E-state index in [0.717, 1.165) is 16.9 Å². The first-order chi connectivity index (χ1) is 12.3. The molecule has 3 rings (SSSR count). The lowest BCUT2D eigenvalue weighted by atomic mass is 10.2. The van der Waals surface area contributed by atoms with Crippen LogP contribution in [0.2, 0.25) is 0 Å². The summed E-state index contributed by atoms with van der Waals surface area (Å²) in [6, 6.07) is 11.6. The van der Waals surface area contributed by atoms with E-state index in [1.54, 1.807) is 19.1 Å². The molecule has 1 aliphatic heterocycles. The molecular weight excluding hydrogens is 352 g/mol. The molecule has 1 N–H and O–H groups in total. The molecule has 0 atom stereocenters. The van der Waals surface area contributed by atoms with Crippen LogP contribution in [-0.2, 0) is 26.0 Å². The number of aryl methyl sites for hydroxylation is 2. The molecule has 0 saturated carbocycles. The summed E-state index contributed by atoms with van der Waals surface area (Å²) in [4.78, 5) is 25.0. The fourth-order valence-electron chi connectivity index (χ4n) is 2.91. The second kappa shape index (κ2) is 6.92. The topological polar surface area (TPSA) is 83.6 Å². The summed E-state index contributed by atoms with van der Waals surface area (Å²) in [5, 5.41) is 0. The normalized spacial score (nSPS) is 14.8. The van der Waals surface area contributed by atoms with E-state index in [1.807, 2.05) is 19.1 Å². The minimum Gasteiger partial charge on any atom is -0.280 e. The van der Waals surface area contributed by atoms with Crippen LogP contribution in [0.5, 0.6) is 0 Å². The van der Waals surface area contributed by atoms with Crippen molar-refractivity contribution < 1.29 is 18.0 Å². The molecule has 26 heavy (non-hydrogen) atoms. The van der Waals surface area contributed by atoms with E-state index in [0.29, 0.717) is 16.9 Å². The molecule has 0 aromatic heterocycles. The van der Waals surface area contributed by atoms with Gasteiger partial charge in [-0.15, -0.1) is 0 Å². The standard InChI is InChI=1S/C19H20N2O4S/c1-3-14-4-6-15(7-5-14)20-26(24,25)16-8-9-17(13(2)12-16)21-18(22)10-11-19(21)23/h4-9,12,20H,3,10-11H2,1-2H3. The molecule has 0 aliphatic carbocycles. The fourth-order valence-corrected chi connectivity index (χ4v) is 4.06. The van der Waals surface area contributed by atoms with Gasteiger partial charge in [0.15, 0.2) is 0 Å². The largest absolute Gasteiger partial charge is 0.280 e. The molecule has 2 amide bonds. The Bertz CT molecular complexity index is 950. The Labute approximate surface area is 152 Å². The first-order valence-electron chi connectivity index (χ1n) is 8.40. The van der Waals surface area contributed by atoms with Crippen LogP contribution in [0, 0.1) is 6.92 Å². The Hall–Kier alpha value is -2.67. The van der Waals surface area contributed by atoms with Gasteiger partial charge in [-0.2, -0.15) is 0 Å². The van der Waals surface area contributed by atoms with Gasteiger partial charge in [-0.25, -0.2) is 8.42 Å². The van der Waals surface area contributed by atoms with Crippen LogP contribution in [0.15, 0.2) is 47.4 Å². The van der Waals surface area contributed by atoms with E-state index in [4.69, 9.17) is 0 Å². The van der Waals surface area contributed by atoms with E-state index in [9.17, 15) is 18.0 Å². The van der Waals surface area contributed by atoms with Crippen molar-refractivity contribution in [3.05, 3.63) is 53.6 Å². The molecule has 0 unspecified atom stereocenters. The van der Waals surface area contributed by atoms with Gasteiger partial charge in [-0.05, 0) is 54.8 Å². The van der Waals surface area contributed by atoms with Crippen molar-refractivity contribution in [2.24, 2.45) is 0 Å². The van der Waals surface area contributed by atoms with Crippen molar-refractivity contribution in [1.29, 1.82) is 0 Å². The molecule has 2 aromatic rings. The molecule has 6 nitrogen and oxygen atoms in total. The molecule has 0 spiro atoms. The molecular formula is C19H20N2O4S. The Balaban J connectivity index is 1.87. The van der Waals surface area contributed by atoms with Gasteiger partial charge in [0, 0.05) is 18.5 Å². The molecule has 7 heteroatoms. The first-order valence-corrected chi connectivity index (χ1v) is 9.88. The third-order valence-corrected chi connectivity index (χ3v) is 5.76. The number of sulfonamides is 1. The quantitative estimate of drug-likeness (QED) is 0.818. The zero-order valence-corrected chi connectivity index (χ0v) is 15.5. The van der Waals surface area contributed by atoms with Gasteiger partial charge in [0.25, 0.3) is 10.0 Å². The summed E-state index contributed by atoms with van der Waals surface area (Å²) in [5.74, 6) is -0.523. The Kier molecular flexibility index (Phi) is 4.82. The van der Waals surface area contributed by atoms with Crippen molar-refractivity contribution in [3.63, 3.8) is 0 Å². The number of amides is 2. The van der Waals surface area contributed by atoms with E-state index >= 15 is 0 Å². The molecule has 2 aromatic carbocycles. The van der Waals surface area contributed by atoms with Gasteiger partial charge < -0.3 is 0 Å².